The molecule has 2 N–H and O–H groups in total. The Labute approximate surface area is 82.2 Å². The average Bonchev–Trinajstić information content (AvgIpc) is 1.98. The van der Waals surface area contributed by atoms with Crippen LogP contribution in [-0.4, -0.2) is 0 Å². The van der Waals surface area contributed by atoms with Crippen molar-refractivity contribution in [2.24, 2.45) is 0 Å². The second-order valence-electron chi connectivity index (χ2n) is 2.32. The van der Waals surface area contributed by atoms with Gasteiger partial charge in [-0.3, -0.25) is 0 Å². The molecule has 1 rings (SSSR count). The number of nitrogens with two attached hydrogens (primary N) is 1. The monoisotopic (exact) mass is 229 g/mol. The lowest BCUT2D eigenvalue weighted by Gasteiger charge is -2.11. The number of halogens is 5. The first-order valence-corrected chi connectivity index (χ1v) is 3.90. The van der Waals surface area contributed by atoms with E-state index >= 15 is 0 Å². The Hall–Kier alpha value is -0.610. The molecule has 0 aromatic heterocycles. The summed E-state index contributed by atoms with van der Waals surface area (Å²) in [6, 6.07) is 1.85. The lowest BCUT2D eigenvalue weighted by Crippen LogP contribution is -2.09. The fraction of sp³-hybridized carbons (Fsp3) is 0.143. The number of anilines is 1. The Kier molecular flexibility index (Phi) is 2.63. The number of alkyl halides is 3. The lowest BCUT2D eigenvalue weighted by molar-refractivity contribution is -0.136. The summed E-state index contributed by atoms with van der Waals surface area (Å²) in [7, 11) is 0. The van der Waals surface area contributed by atoms with Gasteiger partial charge in [0.05, 0.1) is 21.3 Å². The normalized spacial score (nSPS) is 11.8. The van der Waals surface area contributed by atoms with E-state index in [0.29, 0.717) is 0 Å². The summed E-state index contributed by atoms with van der Waals surface area (Å²) in [4.78, 5) is 0. The van der Waals surface area contributed by atoms with E-state index in [4.69, 9.17) is 28.9 Å². The zero-order valence-corrected chi connectivity index (χ0v) is 7.63. The van der Waals surface area contributed by atoms with E-state index < -0.39 is 17.4 Å². The number of benzene rings is 1. The molecule has 0 fully saturated rings. The Morgan fingerprint density at radius 2 is 1.69 bits per heavy atom. The molecule has 0 amide bonds. The molecule has 0 aliphatic rings. The number of nitrogen functional groups attached to an aromatic ring is 1. The number of hydrogen-bond acceptors (Lipinski definition) is 1. The van der Waals surface area contributed by atoms with E-state index in [1.54, 1.807) is 0 Å². The van der Waals surface area contributed by atoms with Crippen LogP contribution in [0.1, 0.15) is 5.56 Å². The van der Waals surface area contributed by atoms with Crippen molar-refractivity contribution in [2.75, 3.05) is 5.73 Å². The van der Waals surface area contributed by atoms with E-state index in [-0.39, 0.29) is 10.0 Å². The molecule has 0 atom stereocenters. The van der Waals surface area contributed by atoms with Gasteiger partial charge in [0.2, 0.25) is 0 Å². The third kappa shape index (κ3) is 2.00. The van der Waals surface area contributed by atoms with E-state index in [2.05, 4.69) is 0 Å². The van der Waals surface area contributed by atoms with Gasteiger partial charge in [-0.25, -0.2) is 0 Å². The van der Waals surface area contributed by atoms with E-state index in [1.807, 2.05) is 0 Å². The number of rotatable bonds is 0. The minimum absolute atomic E-state index is 0.00664. The van der Waals surface area contributed by atoms with Crippen molar-refractivity contribution in [3.05, 3.63) is 27.7 Å². The molecule has 0 heterocycles. The molecule has 0 saturated carbocycles. The molecule has 0 radical (unpaired) electrons. The van der Waals surface area contributed by atoms with Crippen LogP contribution in [0.15, 0.2) is 12.1 Å². The molecule has 6 heteroatoms. The van der Waals surface area contributed by atoms with Gasteiger partial charge in [0.15, 0.2) is 0 Å². The molecular formula is C7H4Cl2F3N. The minimum atomic E-state index is -4.50. The van der Waals surface area contributed by atoms with Crippen LogP contribution in [-0.2, 0) is 6.18 Å². The first-order valence-electron chi connectivity index (χ1n) is 3.14. The van der Waals surface area contributed by atoms with Crippen molar-refractivity contribution in [1.29, 1.82) is 0 Å². The Balaban J connectivity index is 3.35. The van der Waals surface area contributed by atoms with Crippen LogP contribution in [0.5, 0.6) is 0 Å². The standard InChI is InChI=1S/C7H4Cl2F3N/c8-4-2-1-3(7(10,11)12)6(13)5(4)9/h1-2H,13H2. The predicted octanol–water partition coefficient (Wildman–Crippen LogP) is 3.59. The lowest BCUT2D eigenvalue weighted by atomic mass is 10.2. The highest BCUT2D eigenvalue weighted by atomic mass is 35.5. The van der Waals surface area contributed by atoms with Crippen molar-refractivity contribution in [2.45, 2.75) is 6.18 Å². The Morgan fingerprint density at radius 3 is 2.15 bits per heavy atom. The minimum Gasteiger partial charge on any atom is -0.397 e. The van der Waals surface area contributed by atoms with Crippen LogP contribution in [0, 0.1) is 0 Å². The maximum absolute atomic E-state index is 12.2. The van der Waals surface area contributed by atoms with Crippen LogP contribution in [0.3, 0.4) is 0 Å². The van der Waals surface area contributed by atoms with Gasteiger partial charge in [-0.2, -0.15) is 13.2 Å². The molecule has 1 aromatic carbocycles. The molecule has 0 spiro atoms. The van der Waals surface area contributed by atoms with Crippen molar-refractivity contribution in [3.63, 3.8) is 0 Å². The summed E-state index contributed by atoms with van der Waals surface area (Å²) in [5.74, 6) is 0. The van der Waals surface area contributed by atoms with E-state index in [9.17, 15) is 13.2 Å². The molecule has 0 aliphatic carbocycles. The fourth-order valence-corrected chi connectivity index (χ4v) is 1.14. The van der Waals surface area contributed by atoms with Gasteiger partial charge in [-0.15, -0.1) is 0 Å². The molecule has 0 bridgehead atoms. The van der Waals surface area contributed by atoms with Gasteiger partial charge >= 0.3 is 6.18 Å². The molecule has 1 nitrogen and oxygen atoms in total. The summed E-state index contributed by atoms with van der Waals surface area (Å²) < 4.78 is 36.5. The van der Waals surface area contributed by atoms with Gasteiger partial charge in [-0.1, -0.05) is 23.2 Å². The summed E-state index contributed by atoms with van der Waals surface area (Å²) in [6.45, 7) is 0. The maximum Gasteiger partial charge on any atom is 0.418 e. The SMILES string of the molecule is Nc1c(C(F)(F)F)ccc(Cl)c1Cl. The summed E-state index contributed by atoms with van der Waals surface area (Å²) in [5.41, 5.74) is 3.62. The predicted molar refractivity (Wildman–Crippen MR) is 45.9 cm³/mol. The smallest absolute Gasteiger partial charge is 0.397 e. The van der Waals surface area contributed by atoms with Crippen LogP contribution in [0.2, 0.25) is 10.0 Å². The van der Waals surface area contributed by atoms with Gasteiger partial charge in [0.25, 0.3) is 0 Å². The molecule has 13 heavy (non-hydrogen) atoms. The topological polar surface area (TPSA) is 26.0 Å². The highest BCUT2D eigenvalue weighted by Crippen LogP contribution is 2.39. The zero-order chi connectivity index (χ0) is 10.2. The third-order valence-electron chi connectivity index (χ3n) is 1.44. The van der Waals surface area contributed by atoms with Gasteiger partial charge in [-0.05, 0) is 12.1 Å². The Morgan fingerprint density at radius 1 is 1.15 bits per heavy atom. The quantitative estimate of drug-likeness (QED) is 0.677. The summed E-state index contributed by atoms with van der Waals surface area (Å²) in [6.07, 6.45) is -4.50. The Bertz CT molecular complexity index is 335. The van der Waals surface area contributed by atoms with Crippen LogP contribution < -0.4 is 5.73 Å². The molecule has 0 saturated heterocycles. The highest BCUT2D eigenvalue weighted by molar-refractivity contribution is 6.43. The van der Waals surface area contributed by atoms with Crippen molar-refractivity contribution >= 4 is 28.9 Å². The zero-order valence-electron chi connectivity index (χ0n) is 6.12. The van der Waals surface area contributed by atoms with Crippen LogP contribution in [0.4, 0.5) is 18.9 Å². The summed E-state index contributed by atoms with van der Waals surface area (Å²) in [5, 5.41) is -0.261. The van der Waals surface area contributed by atoms with E-state index in [0.717, 1.165) is 12.1 Å². The van der Waals surface area contributed by atoms with E-state index in [1.165, 1.54) is 0 Å². The maximum atomic E-state index is 12.2. The van der Waals surface area contributed by atoms with Crippen molar-refractivity contribution < 1.29 is 13.2 Å². The molecule has 0 aliphatic heterocycles. The first-order chi connectivity index (χ1) is 5.84. The largest absolute Gasteiger partial charge is 0.418 e. The first kappa shape index (κ1) is 10.5. The van der Waals surface area contributed by atoms with Gasteiger partial charge in [0.1, 0.15) is 0 Å². The molecule has 72 valence electrons. The van der Waals surface area contributed by atoms with Crippen LogP contribution >= 0.6 is 23.2 Å². The van der Waals surface area contributed by atoms with Crippen molar-refractivity contribution in [3.8, 4) is 0 Å². The fourth-order valence-electron chi connectivity index (χ4n) is 0.814. The second-order valence-corrected chi connectivity index (χ2v) is 3.11. The van der Waals surface area contributed by atoms with Gasteiger partial charge in [0, 0.05) is 0 Å². The van der Waals surface area contributed by atoms with Crippen LogP contribution in [0.25, 0.3) is 0 Å². The average molecular weight is 230 g/mol. The third-order valence-corrected chi connectivity index (χ3v) is 2.26. The molecular weight excluding hydrogens is 226 g/mol. The van der Waals surface area contributed by atoms with Crippen molar-refractivity contribution in [1.82, 2.24) is 0 Å². The summed E-state index contributed by atoms with van der Waals surface area (Å²) >= 11 is 10.9. The second kappa shape index (κ2) is 3.27. The van der Waals surface area contributed by atoms with Gasteiger partial charge < -0.3 is 5.73 Å². The molecule has 0 unspecified atom stereocenters. The molecule has 1 aromatic rings. The number of hydrogen-bond donors (Lipinski definition) is 1. The highest BCUT2D eigenvalue weighted by Gasteiger charge is 2.33.